The van der Waals surface area contributed by atoms with E-state index in [1.807, 2.05) is 0 Å². The Bertz CT molecular complexity index is 1650. The molecule has 0 saturated heterocycles. The molecule has 0 radical (unpaired) electrons. The van der Waals surface area contributed by atoms with Crippen molar-refractivity contribution in [2.75, 3.05) is 0 Å². The maximum absolute atomic E-state index is 8.45. The summed E-state index contributed by atoms with van der Waals surface area (Å²) < 4.78 is 0.198. The SMILES string of the molecule is Cc1ccc(-c2ccccc2)c2c1[CH]([Zr]([Cl])([Cl])([CH]1C(C(C)C)=Cc3c(-c4ccccc4)cccc31)[SiH](C)C)C=C2. The van der Waals surface area contributed by atoms with Gasteiger partial charge in [-0.2, -0.15) is 0 Å². The number of halogens is 2. The Morgan fingerprint density at radius 3 is 1.90 bits per heavy atom. The van der Waals surface area contributed by atoms with Crippen LogP contribution in [0.1, 0.15) is 48.9 Å². The summed E-state index contributed by atoms with van der Waals surface area (Å²) in [4.78, 5) is 0. The fraction of sp³-hybridized carbons (Fsp3) is 0.222. The van der Waals surface area contributed by atoms with Gasteiger partial charge >= 0.3 is 250 Å². The molecule has 2 aliphatic carbocycles. The molecule has 0 heterocycles. The van der Waals surface area contributed by atoms with Crippen molar-refractivity contribution >= 4 is 35.1 Å². The molecule has 0 N–H and O–H groups in total. The predicted octanol–water partition coefficient (Wildman–Crippen LogP) is 11.2. The van der Waals surface area contributed by atoms with Crippen LogP contribution in [-0.4, -0.2) is 5.92 Å². The summed E-state index contributed by atoms with van der Waals surface area (Å²) in [7, 11) is 16.9. The molecule has 203 valence electrons. The van der Waals surface area contributed by atoms with Gasteiger partial charge in [0.15, 0.2) is 0 Å². The van der Waals surface area contributed by atoms with E-state index in [9.17, 15) is 0 Å². The molecule has 4 aromatic carbocycles. The maximum atomic E-state index is 8.45. The molecule has 0 saturated carbocycles. The second-order valence-corrected chi connectivity index (χ2v) is 54.9. The molecule has 0 spiro atoms. The molecule has 0 nitrogen and oxygen atoms in total. The molecular formula is C36H37Cl2SiZr. The fourth-order valence-electron chi connectivity index (χ4n) is 7.24. The van der Waals surface area contributed by atoms with Gasteiger partial charge in [-0.1, -0.05) is 0 Å². The van der Waals surface area contributed by atoms with Gasteiger partial charge in [-0.25, -0.2) is 0 Å². The summed E-state index contributed by atoms with van der Waals surface area (Å²) in [6.07, 6.45) is 7.19. The molecule has 2 unspecified atom stereocenters. The van der Waals surface area contributed by atoms with Gasteiger partial charge in [-0.15, -0.1) is 0 Å². The van der Waals surface area contributed by atoms with Crippen LogP contribution in [0.4, 0.5) is 0 Å². The number of rotatable bonds is 6. The second-order valence-electron chi connectivity index (χ2n) is 12.2. The van der Waals surface area contributed by atoms with Crippen molar-refractivity contribution in [3.05, 3.63) is 130 Å². The monoisotopic (exact) mass is 657 g/mol. The van der Waals surface area contributed by atoms with Crippen LogP contribution in [-0.2, 0) is 15.6 Å². The zero-order chi connectivity index (χ0) is 28.3. The van der Waals surface area contributed by atoms with Gasteiger partial charge in [0, 0.05) is 0 Å². The number of fused-ring (bicyclic) bond motifs is 2. The molecule has 2 aliphatic rings. The average molecular weight is 660 g/mol. The van der Waals surface area contributed by atoms with E-state index in [1.165, 1.54) is 55.6 Å². The minimum absolute atomic E-state index is 0.0913. The van der Waals surface area contributed by atoms with Crippen molar-refractivity contribution in [2.24, 2.45) is 5.92 Å². The normalized spacial score (nSPS) is 18.9. The van der Waals surface area contributed by atoms with E-state index in [0.717, 1.165) is 0 Å². The van der Waals surface area contributed by atoms with Crippen molar-refractivity contribution in [2.45, 2.75) is 41.1 Å². The molecule has 6 rings (SSSR count). The van der Waals surface area contributed by atoms with E-state index >= 15 is 0 Å². The van der Waals surface area contributed by atoms with Crippen LogP contribution in [0, 0.1) is 12.8 Å². The predicted molar refractivity (Wildman–Crippen MR) is 176 cm³/mol. The van der Waals surface area contributed by atoms with E-state index in [0.29, 0.717) is 5.92 Å². The van der Waals surface area contributed by atoms with Gasteiger partial charge in [0.25, 0.3) is 0 Å². The number of hydrogen-bond acceptors (Lipinski definition) is 0. The van der Waals surface area contributed by atoms with E-state index in [-0.39, 0.29) is 7.25 Å². The number of hydrogen-bond donors (Lipinski definition) is 0. The van der Waals surface area contributed by atoms with Crippen molar-refractivity contribution in [3.63, 3.8) is 0 Å². The number of benzene rings is 4. The Balaban J connectivity index is 1.59. The minimum atomic E-state index is -4.70. The summed E-state index contributed by atoms with van der Waals surface area (Å²) >= 11 is -4.70. The van der Waals surface area contributed by atoms with Crippen LogP contribution in [0.2, 0.25) is 13.1 Å². The topological polar surface area (TPSA) is 0 Å². The Hall–Kier alpha value is -1.96. The van der Waals surface area contributed by atoms with Crippen molar-refractivity contribution in [3.8, 4) is 22.3 Å². The number of allylic oxidation sites excluding steroid dienone is 2. The molecular weight excluding hydrogens is 623 g/mol. The summed E-state index contributed by atoms with van der Waals surface area (Å²) in [6.45, 7) is 11.7. The first-order valence-electron chi connectivity index (χ1n) is 14.5. The first-order valence-corrected chi connectivity index (χ1v) is 30.8. The van der Waals surface area contributed by atoms with Gasteiger partial charge in [0.2, 0.25) is 0 Å². The molecule has 0 amide bonds. The van der Waals surface area contributed by atoms with E-state index in [1.54, 1.807) is 0 Å². The standard InChI is InChI=1S/C18H17.C16H13.C2H7Si.2ClH.Zr/c1-13(2)16-11-15-9-6-10-17(18(15)12-16)14-7-4-3-5-8-14;1-12-10-11-15(13-6-3-2-4-7-13)16-9-5-8-14(12)16;1-3-2;;;/h3-13H,1-2H3;2-11H,1H3;3H,1-2H3;2*1H;/q;;;;;+2/p-2. The summed E-state index contributed by atoms with van der Waals surface area (Å²) in [5, 5.41) is 0. The Morgan fingerprint density at radius 1 is 0.725 bits per heavy atom. The van der Waals surface area contributed by atoms with Crippen LogP contribution in [0.5, 0.6) is 0 Å². The average Bonchev–Trinajstić information content (AvgIpc) is 3.59. The number of aryl methyl sites for hydroxylation is 1. The van der Waals surface area contributed by atoms with E-state index in [4.69, 9.17) is 17.0 Å². The Kier molecular flexibility index (Phi) is 7.32. The van der Waals surface area contributed by atoms with Gasteiger partial charge < -0.3 is 0 Å². The summed E-state index contributed by atoms with van der Waals surface area (Å²) in [5.74, 6) is -1.21. The molecule has 0 aromatic heterocycles. The fourth-order valence-corrected chi connectivity index (χ4v) is 36.7. The first-order chi connectivity index (χ1) is 19.1. The van der Waals surface area contributed by atoms with Crippen LogP contribution >= 0.6 is 17.0 Å². The van der Waals surface area contributed by atoms with Gasteiger partial charge in [-0.3, -0.25) is 0 Å². The molecule has 4 heteroatoms. The summed E-state index contributed by atoms with van der Waals surface area (Å²) in [5.41, 5.74) is 13.1. The Labute approximate surface area is 248 Å². The molecule has 0 fully saturated rings. The third-order valence-corrected chi connectivity index (χ3v) is 61.3. The molecule has 0 aliphatic heterocycles. The van der Waals surface area contributed by atoms with Crippen LogP contribution in [0.15, 0.2) is 103 Å². The van der Waals surface area contributed by atoms with Gasteiger partial charge in [0.1, 0.15) is 0 Å². The van der Waals surface area contributed by atoms with Crippen LogP contribution in [0.25, 0.3) is 34.4 Å². The molecule has 0 bridgehead atoms. The third-order valence-electron chi connectivity index (χ3n) is 9.45. The van der Waals surface area contributed by atoms with Gasteiger partial charge in [0.05, 0.1) is 0 Å². The Morgan fingerprint density at radius 2 is 1.32 bits per heavy atom. The van der Waals surface area contributed by atoms with Crippen molar-refractivity contribution in [1.82, 2.24) is 0 Å². The van der Waals surface area contributed by atoms with Gasteiger partial charge in [-0.05, 0) is 0 Å². The molecule has 40 heavy (non-hydrogen) atoms. The summed E-state index contributed by atoms with van der Waals surface area (Å²) in [6, 6.07) is 32.8. The van der Waals surface area contributed by atoms with Crippen molar-refractivity contribution < 1.29 is 15.6 Å². The second kappa shape index (κ2) is 10.4. The van der Waals surface area contributed by atoms with E-state index in [2.05, 4.69) is 143 Å². The van der Waals surface area contributed by atoms with E-state index < -0.39 is 21.5 Å². The van der Waals surface area contributed by atoms with Crippen LogP contribution in [0.3, 0.4) is 0 Å². The quantitative estimate of drug-likeness (QED) is 0.181. The molecule has 4 aromatic rings. The zero-order valence-corrected chi connectivity index (χ0v) is 29.1. The van der Waals surface area contributed by atoms with Crippen molar-refractivity contribution in [1.29, 1.82) is 0 Å². The first kappa shape index (κ1) is 28.2. The third kappa shape index (κ3) is 4.25. The zero-order valence-electron chi connectivity index (χ0n) is 24.0. The molecule has 2 atom stereocenters. The van der Waals surface area contributed by atoms with Crippen LogP contribution < -0.4 is 0 Å².